The van der Waals surface area contributed by atoms with Crippen molar-refractivity contribution in [2.75, 3.05) is 19.5 Å². The molecule has 0 saturated heterocycles. The number of carbonyl (C=O) groups is 1. The molecule has 0 fully saturated rings. The van der Waals surface area contributed by atoms with Crippen LogP contribution in [0, 0.1) is 0 Å². The van der Waals surface area contributed by atoms with Crippen molar-refractivity contribution >= 4 is 43.8 Å². The maximum Gasteiger partial charge on any atom is 0.229 e. The number of benzene rings is 2. The Balaban J connectivity index is 1.46. The quantitative estimate of drug-likeness (QED) is 0.374. The van der Waals surface area contributed by atoms with Gasteiger partial charge in [0.2, 0.25) is 5.91 Å². The number of ether oxygens (including phenoxy) is 2. The summed E-state index contributed by atoms with van der Waals surface area (Å²) in [7, 11) is 3.20. The Hall–Kier alpha value is -2.90. The first-order valence-electron chi connectivity index (χ1n) is 10.7. The Morgan fingerprint density at radius 3 is 2.66 bits per heavy atom. The van der Waals surface area contributed by atoms with Crippen molar-refractivity contribution in [3.05, 3.63) is 58.5 Å². The van der Waals surface area contributed by atoms with Crippen LogP contribution in [0.5, 0.6) is 11.5 Å². The number of para-hydroxylation sites is 1. The fourth-order valence-electron chi connectivity index (χ4n) is 4.21. The molecule has 32 heavy (non-hydrogen) atoms. The zero-order valence-electron chi connectivity index (χ0n) is 18.1. The summed E-state index contributed by atoms with van der Waals surface area (Å²) in [4.78, 5) is 19.3. The van der Waals surface area contributed by atoms with Crippen LogP contribution in [0.3, 0.4) is 0 Å². The number of rotatable bonds is 6. The molecule has 1 N–H and O–H groups in total. The third-order valence-corrected chi connectivity index (χ3v) is 8.01. The normalized spacial score (nSPS) is 13.1. The molecular weight excluding hydrogens is 440 g/mol. The van der Waals surface area contributed by atoms with E-state index in [1.165, 1.54) is 28.0 Å². The van der Waals surface area contributed by atoms with Gasteiger partial charge in [-0.3, -0.25) is 4.79 Å². The average Bonchev–Trinajstić information content (AvgIpc) is 3.39. The first-order valence-corrected chi connectivity index (χ1v) is 12.3. The van der Waals surface area contributed by atoms with Crippen molar-refractivity contribution < 1.29 is 14.3 Å². The predicted molar refractivity (Wildman–Crippen MR) is 131 cm³/mol. The number of hydrogen-bond donors (Lipinski definition) is 1. The Kier molecular flexibility index (Phi) is 5.85. The van der Waals surface area contributed by atoms with Crippen LogP contribution in [0.4, 0.5) is 5.00 Å². The summed E-state index contributed by atoms with van der Waals surface area (Å²) in [6.07, 6.45) is 4.76. The maximum absolute atomic E-state index is 13.0. The van der Waals surface area contributed by atoms with Crippen LogP contribution in [-0.4, -0.2) is 25.1 Å². The third-order valence-electron chi connectivity index (χ3n) is 5.74. The molecule has 5 rings (SSSR count). The van der Waals surface area contributed by atoms with E-state index in [1.807, 2.05) is 36.4 Å². The Labute approximate surface area is 195 Å². The number of amides is 1. The second-order valence-electron chi connectivity index (χ2n) is 7.82. The molecule has 1 aliphatic carbocycles. The van der Waals surface area contributed by atoms with E-state index >= 15 is 0 Å². The molecule has 2 aromatic carbocycles. The van der Waals surface area contributed by atoms with Gasteiger partial charge in [0.1, 0.15) is 10.0 Å². The molecule has 4 aromatic rings. The largest absolute Gasteiger partial charge is 0.493 e. The first kappa shape index (κ1) is 21.0. The molecule has 0 saturated carbocycles. The van der Waals surface area contributed by atoms with Gasteiger partial charge in [0.15, 0.2) is 11.5 Å². The average molecular weight is 465 g/mol. The molecule has 0 unspecified atom stereocenters. The van der Waals surface area contributed by atoms with E-state index < -0.39 is 0 Å². The number of thiophene rings is 1. The van der Waals surface area contributed by atoms with Gasteiger partial charge in [0.05, 0.1) is 30.9 Å². The molecule has 7 heteroatoms. The number of fused-ring (bicyclic) bond motifs is 2. The summed E-state index contributed by atoms with van der Waals surface area (Å²) in [5.41, 5.74) is 4.36. The zero-order chi connectivity index (χ0) is 22.1. The van der Waals surface area contributed by atoms with Crippen LogP contribution in [0.15, 0.2) is 42.5 Å². The molecular formula is C25H24N2O3S2. The van der Waals surface area contributed by atoms with E-state index in [4.69, 9.17) is 14.5 Å². The van der Waals surface area contributed by atoms with Crippen LogP contribution in [0.2, 0.25) is 0 Å². The maximum atomic E-state index is 13.0. The van der Waals surface area contributed by atoms with Crippen LogP contribution < -0.4 is 14.8 Å². The van der Waals surface area contributed by atoms with E-state index in [9.17, 15) is 4.79 Å². The zero-order valence-corrected chi connectivity index (χ0v) is 19.7. The first-order chi connectivity index (χ1) is 15.7. The highest BCUT2D eigenvalue weighted by Gasteiger charge is 2.25. The molecule has 2 heterocycles. The van der Waals surface area contributed by atoms with E-state index in [1.54, 1.807) is 36.9 Å². The molecule has 2 aromatic heterocycles. The van der Waals surface area contributed by atoms with Gasteiger partial charge in [-0.15, -0.1) is 22.7 Å². The van der Waals surface area contributed by atoms with Crippen molar-refractivity contribution in [2.45, 2.75) is 32.1 Å². The second kappa shape index (κ2) is 8.92. The number of nitrogens with zero attached hydrogens (tertiary/aromatic N) is 1. The number of aryl methyl sites for hydroxylation is 1. The minimum atomic E-state index is -0.0434. The van der Waals surface area contributed by atoms with Crippen LogP contribution in [0.25, 0.3) is 20.8 Å². The second-order valence-corrected chi connectivity index (χ2v) is 9.95. The Morgan fingerprint density at radius 1 is 1.03 bits per heavy atom. The van der Waals surface area contributed by atoms with Crippen LogP contribution in [0.1, 0.15) is 28.8 Å². The predicted octanol–water partition coefficient (Wildman–Crippen LogP) is 6.10. The van der Waals surface area contributed by atoms with E-state index in [0.717, 1.165) is 39.5 Å². The number of carbonyl (C=O) groups excluding carboxylic acids is 1. The van der Waals surface area contributed by atoms with Gasteiger partial charge in [-0.05, 0) is 61.1 Å². The standard InChI is InChI=1S/C25H24N2O3S2/c1-29-18-12-11-15(13-19(18)30-2)14-22(28)27-25-23(16-7-3-5-9-20(16)31-25)24-26-17-8-4-6-10-21(17)32-24/h4,6,8,10-13H,3,5,7,9,14H2,1-2H3,(H,27,28). The lowest BCUT2D eigenvalue weighted by molar-refractivity contribution is -0.115. The molecule has 164 valence electrons. The minimum Gasteiger partial charge on any atom is -0.493 e. The molecule has 5 nitrogen and oxygen atoms in total. The molecule has 0 spiro atoms. The highest BCUT2D eigenvalue weighted by atomic mass is 32.1. The molecule has 1 amide bonds. The van der Waals surface area contributed by atoms with Crippen molar-refractivity contribution in [3.63, 3.8) is 0 Å². The number of aromatic nitrogens is 1. The molecule has 0 atom stereocenters. The summed E-state index contributed by atoms with van der Waals surface area (Å²) >= 11 is 3.41. The minimum absolute atomic E-state index is 0.0434. The van der Waals surface area contributed by atoms with Gasteiger partial charge in [-0.2, -0.15) is 0 Å². The monoisotopic (exact) mass is 464 g/mol. The summed E-state index contributed by atoms with van der Waals surface area (Å²) < 4.78 is 11.8. The van der Waals surface area contributed by atoms with Crippen molar-refractivity contribution in [3.8, 4) is 22.1 Å². The molecule has 1 aliphatic rings. The van der Waals surface area contributed by atoms with Crippen LogP contribution >= 0.6 is 22.7 Å². The summed E-state index contributed by atoms with van der Waals surface area (Å²) in [6, 6.07) is 13.8. The fraction of sp³-hybridized carbons (Fsp3) is 0.280. The Bertz CT molecular complexity index is 1260. The molecule has 0 aliphatic heterocycles. The SMILES string of the molecule is COc1ccc(CC(=O)Nc2sc3c(c2-c2nc4ccccc4s2)CCCC3)cc1OC. The third kappa shape index (κ3) is 3.98. The van der Waals surface area contributed by atoms with Gasteiger partial charge in [0, 0.05) is 10.4 Å². The highest BCUT2D eigenvalue weighted by Crippen LogP contribution is 2.46. The lowest BCUT2D eigenvalue weighted by atomic mass is 9.95. The van der Waals surface area contributed by atoms with Crippen molar-refractivity contribution in [1.82, 2.24) is 4.98 Å². The van der Waals surface area contributed by atoms with Crippen molar-refractivity contribution in [2.24, 2.45) is 0 Å². The van der Waals surface area contributed by atoms with Crippen LogP contribution in [-0.2, 0) is 24.1 Å². The van der Waals surface area contributed by atoms with Crippen molar-refractivity contribution in [1.29, 1.82) is 0 Å². The van der Waals surface area contributed by atoms with E-state index in [2.05, 4.69) is 11.4 Å². The number of methoxy groups -OCH3 is 2. The number of hydrogen-bond acceptors (Lipinski definition) is 6. The topological polar surface area (TPSA) is 60.5 Å². The number of thiazole rings is 1. The molecule has 0 bridgehead atoms. The summed E-state index contributed by atoms with van der Waals surface area (Å²) in [5.74, 6) is 1.23. The summed E-state index contributed by atoms with van der Waals surface area (Å²) in [6.45, 7) is 0. The van der Waals surface area contributed by atoms with Gasteiger partial charge in [0.25, 0.3) is 0 Å². The molecule has 0 radical (unpaired) electrons. The summed E-state index contributed by atoms with van der Waals surface area (Å²) in [5, 5.41) is 5.11. The Morgan fingerprint density at radius 2 is 1.84 bits per heavy atom. The number of anilines is 1. The van der Waals surface area contributed by atoms with Gasteiger partial charge < -0.3 is 14.8 Å². The lowest BCUT2D eigenvalue weighted by Crippen LogP contribution is -2.14. The highest BCUT2D eigenvalue weighted by molar-refractivity contribution is 7.22. The van der Waals surface area contributed by atoms with Gasteiger partial charge in [-0.25, -0.2) is 4.98 Å². The number of nitrogens with one attached hydrogen (secondary N) is 1. The smallest absolute Gasteiger partial charge is 0.229 e. The van der Waals surface area contributed by atoms with E-state index in [0.29, 0.717) is 11.5 Å². The van der Waals surface area contributed by atoms with Gasteiger partial charge in [-0.1, -0.05) is 18.2 Å². The lowest BCUT2D eigenvalue weighted by Gasteiger charge is -2.12. The van der Waals surface area contributed by atoms with Gasteiger partial charge >= 0.3 is 0 Å². The fourth-order valence-corrected chi connectivity index (χ4v) is 6.62. The van der Waals surface area contributed by atoms with E-state index in [-0.39, 0.29) is 12.3 Å².